The first kappa shape index (κ1) is 11.4. The van der Waals surface area contributed by atoms with Crippen LogP contribution in [0.3, 0.4) is 0 Å². The van der Waals surface area contributed by atoms with Crippen LogP contribution in [0.4, 0.5) is 0 Å². The maximum absolute atomic E-state index is 9.72. The van der Waals surface area contributed by atoms with E-state index in [0.29, 0.717) is 5.92 Å². The second kappa shape index (κ2) is 5.31. The first-order valence-electron chi connectivity index (χ1n) is 6.69. The zero-order valence-corrected chi connectivity index (χ0v) is 9.99. The topological polar surface area (TPSA) is 23.5 Å². The highest BCUT2D eigenvalue weighted by Gasteiger charge is 2.28. The Hall–Kier alpha value is -0.0800. The van der Waals surface area contributed by atoms with E-state index in [4.69, 9.17) is 0 Å². The predicted molar refractivity (Wildman–Crippen MR) is 62.9 cm³/mol. The summed E-state index contributed by atoms with van der Waals surface area (Å²) >= 11 is 0. The number of hydrogen-bond donors (Lipinski definition) is 1. The molecular formula is C13H25NO. The van der Waals surface area contributed by atoms with Crippen molar-refractivity contribution in [3.8, 4) is 0 Å². The van der Waals surface area contributed by atoms with Gasteiger partial charge in [0.1, 0.15) is 0 Å². The quantitative estimate of drug-likeness (QED) is 0.673. The van der Waals surface area contributed by atoms with Gasteiger partial charge in [-0.05, 0) is 25.2 Å². The molecule has 88 valence electrons. The van der Waals surface area contributed by atoms with Gasteiger partial charge in [0, 0.05) is 19.1 Å². The molecule has 0 aromatic heterocycles. The fourth-order valence-corrected chi connectivity index (χ4v) is 3.12. The van der Waals surface area contributed by atoms with E-state index < -0.39 is 0 Å². The molecule has 0 aromatic rings. The SMILES string of the molecule is CC1CN(C2CCCCCC2)CCC1O. The largest absolute Gasteiger partial charge is 0.393 e. The number of likely N-dealkylation sites (tertiary alicyclic amines) is 1. The summed E-state index contributed by atoms with van der Waals surface area (Å²) in [6, 6.07) is 0.822. The summed E-state index contributed by atoms with van der Waals surface area (Å²) in [5.41, 5.74) is 0. The van der Waals surface area contributed by atoms with Crippen molar-refractivity contribution in [2.45, 2.75) is 64.0 Å². The molecule has 1 heterocycles. The van der Waals surface area contributed by atoms with Crippen LogP contribution in [0.15, 0.2) is 0 Å². The Labute approximate surface area is 93.7 Å². The number of piperidine rings is 1. The highest BCUT2D eigenvalue weighted by molar-refractivity contribution is 4.83. The Morgan fingerprint density at radius 1 is 1.00 bits per heavy atom. The lowest BCUT2D eigenvalue weighted by molar-refractivity contribution is 0.0142. The van der Waals surface area contributed by atoms with Crippen molar-refractivity contribution in [3.63, 3.8) is 0 Å². The lowest BCUT2D eigenvalue weighted by atomic mass is 9.94. The normalized spacial score (nSPS) is 36.4. The van der Waals surface area contributed by atoms with Gasteiger partial charge in [-0.1, -0.05) is 32.6 Å². The van der Waals surface area contributed by atoms with E-state index in [0.717, 1.165) is 25.6 Å². The molecular weight excluding hydrogens is 186 g/mol. The van der Waals surface area contributed by atoms with E-state index in [-0.39, 0.29) is 6.10 Å². The maximum Gasteiger partial charge on any atom is 0.0590 e. The number of hydrogen-bond acceptors (Lipinski definition) is 2. The molecule has 2 heteroatoms. The average molecular weight is 211 g/mol. The molecule has 0 bridgehead atoms. The van der Waals surface area contributed by atoms with Crippen molar-refractivity contribution >= 4 is 0 Å². The highest BCUT2D eigenvalue weighted by atomic mass is 16.3. The Morgan fingerprint density at radius 2 is 1.67 bits per heavy atom. The number of nitrogens with zero attached hydrogens (tertiary/aromatic N) is 1. The molecule has 1 N–H and O–H groups in total. The van der Waals surface area contributed by atoms with Gasteiger partial charge in [-0.15, -0.1) is 0 Å². The Morgan fingerprint density at radius 3 is 2.27 bits per heavy atom. The molecule has 1 saturated heterocycles. The summed E-state index contributed by atoms with van der Waals surface area (Å²) in [7, 11) is 0. The Bertz CT molecular complexity index is 187. The van der Waals surface area contributed by atoms with Gasteiger partial charge < -0.3 is 5.11 Å². The summed E-state index contributed by atoms with van der Waals surface area (Å²) in [5.74, 6) is 0.474. The van der Waals surface area contributed by atoms with E-state index in [1.54, 1.807) is 0 Å². The number of aliphatic hydroxyl groups is 1. The van der Waals surface area contributed by atoms with Crippen LogP contribution in [0.1, 0.15) is 51.9 Å². The minimum atomic E-state index is -0.0490. The monoisotopic (exact) mass is 211 g/mol. The molecule has 0 aromatic carbocycles. The van der Waals surface area contributed by atoms with Crippen LogP contribution in [-0.4, -0.2) is 35.2 Å². The lowest BCUT2D eigenvalue weighted by Gasteiger charge is -2.39. The highest BCUT2D eigenvalue weighted by Crippen LogP contribution is 2.26. The van der Waals surface area contributed by atoms with Crippen LogP contribution < -0.4 is 0 Å². The van der Waals surface area contributed by atoms with Crippen LogP contribution in [0.2, 0.25) is 0 Å². The van der Waals surface area contributed by atoms with Gasteiger partial charge in [-0.25, -0.2) is 0 Å². The molecule has 0 amide bonds. The van der Waals surface area contributed by atoms with Crippen molar-refractivity contribution in [2.75, 3.05) is 13.1 Å². The molecule has 2 unspecified atom stereocenters. The first-order valence-corrected chi connectivity index (χ1v) is 6.69. The van der Waals surface area contributed by atoms with E-state index in [1.807, 2.05) is 0 Å². The molecule has 2 nitrogen and oxygen atoms in total. The molecule has 1 saturated carbocycles. The summed E-state index contributed by atoms with van der Waals surface area (Å²) in [4.78, 5) is 2.64. The van der Waals surface area contributed by atoms with Crippen molar-refractivity contribution in [1.82, 2.24) is 4.90 Å². The van der Waals surface area contributed by atoms with Gasteiger partial charge in [-0.2, -0.15) is 0 Å². The van der Waals surface area contributed by atoms with Gasteiger partial charge in [0.25, 0.3) is 0 Å². The number of aliphatic hydroxyl groups excluding tert-OH is 1. The van der Waals surface area contributed by atoms with Crippen LogP contribution >= 0.6 is 0 Å². The summed E-state index contributed by atoms with van der Waals surface area (Å²) in [6.45, 7) is 4.43. The maximum atomic E-state index is 9.72. The van der Waals surface area contributed by atoms with Crippen LogP contribution in [0.25, 0.3) is 0 Å². The van der Waals surface area contributed by atoms with E-state index in [2.05, 4.69) is 11.8 Å². The Balaban J connectivity index is 1.86. The zero-order chi connectivity index (χ0) is 10.7. The summed E-state index contributed by atoms with van der Waals surface area (Å²) < 4.78 is 0. The van der Waals surface area contributed by atoms with Crippen molar-refractivity contribution < 1.29 is 5.11 Å². The fourth-order valence-electron chi connectivity index (χ4n) is 3.12. The third kappa shape index (κ3) is 2.94. The van der Waals surface area contributed by atoms with Gasteiger partial charge in [-0.3, -0.25) is 4.90 Å². The zero-order valence-electron chi connectivity index (χ0n) is 9.99. The lowest BCUT2D eigenvalue weighted by Crippen LogP contribution is -2.46. The molecule has 15 heavy (non-hydrogen) atoms. The average Bonchev–Trinajstić information content (AvgIpc) is 2.50. The van der Waals surface area contributed by atoms with Gasteiger partial charge in [0.15, 0.2) is 0 Å². The fraction of sp³-hybridized carbons (Fsp3) is 1.00. The second-order valence-electron chi connectivity index (χ2n) is 5.47. The number of rotatable bonds is 1. The summed E-state index contributed by atoms with van der Waals surface area (Å²) in [6.07, 6.45) is 9.41. The van der Waals surface area contributed by atoms with E-state index in [1.165, 1.54) is 38.5 Å². The Kier molecular flexibility index (Phi) is 4.04. The summed E-state index contributed by atoms with van der Waals surface area (Å²) in [5, 5.41) is 9.72. The molecule has 1 aliphatic carbocycles. The molecule has 2 rings (SSSR count). The smallest absolute Gasteiger partial charge is 0.0590 e. The molecule has 0 spiro atoms. The third-order valence-corrected chi connectivity index (χ3v) is 4.23. The third-order valence-electron chi connectivity index (χ3n) is 4.23. The predicted octanol–water partition coefficient (Wildman–Crippen LogP) is 2.41. The van der Waals surface area contributed by atoms with Crippen LogP contribution in [-0.2, 0) is 0 Å². The van der Waals surface area contributed by atoms with E-state index >= 15 is 0 Å². The van der Waals surface area contributed by atoms with Crippen molar-refractivity contribution in [1.29, 1.82) is 0 Å². The second-order valence-corrected chi connectivity index (χ2v) is 5.47. The molecule has 2 atom stereocenters. The molecule has 0 radical (unpaired) electrons. The minimum absolute atomic E-state index is 0.0490. The van der Waals surface area contributed by atoms with Crippen LogP contribution in [0.5, 0.6) is 0 Å². The van der Waals surface area contributed by atoms with E-state index in [9.17, 15) is 5.11 Å². The molecule has 1 aliphatic heterocycles. The van der Waals surface area contributed by atoms with Gasteiger partial charge >= 0.3 is 0 Å². The standard InChI is InChI=1S/C13H25NO/c1-11-10-14(9-8-13(11)15)12-6-4-2-3-5-7-12/h11-13,15H,2-10H2,1H3. The van der Waals surface area contributed by atoms with Crippen LogP contribution in [0, 0.1) is 5.92 Å². The molecule has 2 fully saturated rings. The van der Waals surface area contributed by atoms with Gasteiger partial charge in [0.2, 0.25) is 0 Å². The van der Waals surface area contributed by atoms with Gasteiger partial charge in [0.05, 0.1) is 6.10 Å². The molecule has 2 aliphatic rings. The van der Waals surface area contributed by atoms with Crippen molar-refractivity contribution in [2.24, 2.45) is 5.92 Å². The van der Waals surface area contributed by atoms with Crippen molar-refractivity contribution in [3.05, 3.63) is 0 Å². The first-order chi connectivity index (χ1) is 7.27. The minimum Gasteiger partial charge on any atom is -0.393 e.